The first-order chi connectivity index (χ1) is 5.79. The van der Waals surface area contributed by atoms with Crippen LogP contribution in [-0.4, -0.2) is 24.6 Å². The SMILES string of the molecule is NC(=O)C1=C2CC=NC2=NCN1. The molecule has 2 rings (SSSR count). The van der Waals surface area contributed by atoms with E-state index in [1.54, 1.807) is 6.21 Å². The normalized spacial score (nSPS) is 20.2. The van der Waals surface area contributed by atoms with Gasteiger partial charge in [-0.05, 0) is 0 Å². The Morgan fingerprint density at radius 3 is 3.25 bits per heavy atom. The number of fused-ring (bicyclic) bond motifs is 1. The van der Waals surface area contributed by atoms with E-state index in [0.717, 1.165) is 5.57 Å². The van der Waals surface area contributed by atoms with Crippen molar-refractivity contribution in [1.29, 1.82) is 0 Å². The number of nitrogens with one attached hydrogen (secondary N) is 1. The van der Waals surface area contributed by atoms with Crippen LogP contribution < -0.4 is 11.1 Å². The lowest BCUT2D eigenvalue weighted by Gasteiger charge is -2.13. The predicted molar refractivity (Wildman–Crippen MR) is 44.8 cm³/mol. The summed E-state index contributed by atoms with van der Waals surface area (Å²) in [6.07, 6.45) is 2.37. The molecule has 0 bridgehead atoms. The second-order valence-electron chi connectivity index (χ2n) is 2.55. The van der Waals surface area contributed by atoms with Gasteiger partial charge in [-0.25, -0.2) is 9.98 Å². The molecule has 0 atom stereocenters. The van der Waals surface area contributed by atoms with Crippen LogP contribution in [0.2, 0.25) is 0 Å². The third kappa shape index (κ3) is 0.903. The summed E-state index contributed by atoms with van der Waals surface area (Å²) < 4.78 is 0. The maximum Gasteiger partial charge on any atom is 0.265 e. The number of hydrogen-bond acceptors (Lipinski definition) is 4. The van der Waals surface area contributed by atoms with Crippen LogP contribution in [-0.2, 0) is 4.79 Å². The summed E-state index contributed by atoms with van der Waals surface area (Å²) in [6.45, 7) is 0.383. The van der Waals surface area contributed by atoms with Crippen molar-refractivity contribution >= 4 is 18.0 Å². The van der Waals surface area contributed by atoms with E-state index in [1.165, 1.54) is 0 Å². The molecule has 0 spiro atoms. The Morgan fingerprint density at radius 1 is 1.67 bits per heavy atom. The quantitative estimate of drug-likeness (QED) is 0.530. The van der Waals surface area contributed by atoms with Crippen LogP contribution in [0.3, 0.4) is 0 Å². The van der Waals surface area contributed by atoms with E-state index in [-0.39, 0.29) is 0 Å². The lowest BCUT2D eigenvalue weighted by atomic mass is 10.1. The van der Waals surface area contributed by atoms with Gasteiger partial charge in [0.2, 0.25) is 0 Å². The number of hydrogen-bond donors (Lipinski definition) is 2. The van der Waals surface area contributed by atoms with Crippen molar-refractivity contribution in [3.63, 3.8) is 0 Å². The lowest BCUT2D eigenvalue weighted by Crippen LogP contribution is -2.32. The zero-order valence-corrected chi connectivity index (χ0v) is 6.37. The number of carbonyl (C=O) groups excluding carboxylic acids is 1. The maximum atomic E-state index is 10.9. The molecule has 2 aliphatic heterocycles. The monoisotopic (exact) mass is 164 g/mol. The minimum absolute atomic E-state index is 0.383. The van der Waals surface area contributed by atoms with Gasteiger partial charge in [-0.1, -0.05) is 0 Å². The highest BCUT2D eigenvalue weighted by Gasteiger charge is 2.22. The van der Waals surface area contributed by atoms with Crippen LogP contribution in [0.1, 0.15) is 6.42 Å². The number of primary amides is 1. The summed E-state index contributed by atoms with van der Waals surface area (Å²) in [7, 11) is 0. The van der Waals surface area contributed by atoms with Crippen LogP contribution in [0, 0.1) is 0 Å². The average molecular weight is 164 g/mol. The average Bonchev–Trinajstić information content (AvgIpc) is 2.49. The van der Waals surface area contributed by atoms with Gasteiger partial charge in [0, 0.05) is 18.2 Å². The molecule has 2 aliphatic rings. The Bertz CT molecular complexity index is 326. The number of amides is 1. The summed E-state index contributed by atoms with van der Waals surface area (Å²) in [5.41, 5.74) is 6.42. The number of nitrogens with zero attached hydrogens (tertiary/aromatic N) is 2. The van der Waals surface area contributed by atoms with Gasteiger partial charge in [0.05, 0.1) is 0 Å². The Kier molecular flexibility index (Phi) is 1.43. The van der Waals surface area contributed by atoms with E-state index in [9.17, 15) is 4.79 Å². The second-order valence-corrected chi connectivity index (χ2v) is 2.55. The fourth-order valence-electron chi connectivity index (χ4n) is 1.28. The molecule has 0 unspecified atom stereocenters. The highest BCUT2D eigenvalue weighted by Crippen LogP contribution is 2.17. The molecule has 0 aliphatic carbocycles. The molecular weight excluding hydrogens is 156 g/mol. The van der Waals surface area contributed by atoms with E-state index in [1.807, 2.05) is 0 Å². The molecule has 0 radical (unpaired) electrons. The summed E-state index contributed by atoms with van der Waals surface area (Å²) in [5.74, 6) is 0.199. The molecule has 1 amide bonds. The van der Waals surface area contributed by atoms with E-state index in [0.29, 0.717) is 24.6 Å². The number of carbonyl (C=O) groups is 1. The molecule has 0 aromatic carbocycles. The van der Waals surface area contributed by atoms with Gasteiger partial charge in [-0.3, -0.25) is 4.79 Å². The van der Waals surface area contributed by atoms with Gasteiger partial charge < -0.3 is 11.1 Å². The van der Waals surface area contributed by atoms with Crippen LogP contribution in [0.25, 0.3) is 0 Å². The van der Waals surface area contributed by atoms with E-state index >= 15 is 0 Å². The van der Waals surface area contributed by atoms with Crippen molar-refractivity contribution in [2.75, 3.05) is 6.67 Å². The molecule has 5 nitrogen and oxygen atoms in total. The van der Waals surface area contributed by atoms with Crippen molar-refractivity contribution in [3.05, 3.63) is 11.3 Å². The van der Waals surface area contributed by atoms with E-state index in [4.69, 9.17) is 5.73 Å². The highest BCUT2D eigenvalue weighted by atomic mass is 16.1. The van der Waals surface area contributed by atoms with Gasteiger partial charge in [0.15, 0.2) is 5.84 Å². The number of nitrogens with two attached hydrogens (primary N) is 1. The van der Waals surface area contributed by atoms with Crippen LogP contribution in [0.5, 0.6) is 0 Å². The molecule has 0 aromatic heterocycles. The largest absolute Gasteiger partial charge is 0.364 e. The van der Waals surface area contributed by atoms with Gasteiger partial charge in [-0.15, -0.1) is 0 Å². The number of aliphatic imine (C=N–C) groups is 2. The van der Waals surface area contributed by atoms with Gasteiger partial charge in [-0.2, -0.15) is 0 Å². The Hall–Kier alpha value is -1.65. The van der Waals surface area contributed by atoms with Crippen molar-refractivity contribution in [2.24, 2.45) is 15.7 Å². The lowest BCUT2D eigenvalue weighted by molar-refractivity contribution is -0.115. The topological polar surface area (TPSA) is 79.8 Å². The predicted octanol–water partition coefficient (Wildman–Crippen LogP) is -0.840. The Balaban J connectivity index is 2.44. The summed E-state index contributed by atoms with van der Waals surface area (Å²) in [6, 6.07) is 0. The molecular formula is C7H8N4O. The van der Waals surface area contributed by atoms with Crippen LogP contribution in [0.4, 0.5) is 0 Å². The van der Waals surface area contributed by atoms with Gasteiger partial charge >= 0.3 is 0 Å². The van der Waals surface area contributed by atoms with Gasteiger partial charge in [0.25, 0.3) is 5.91 Å². The number of rotatable bonds is 1. The third-order valence-corrected chi connectivity index (χ3v) is 1.81. The van der Waals surface area contributed by atoms with Crippen molar-refractivity contribution in [2.45, 2.75) is 6.42 Å². The standard InChI is InChI=1S/C7H8N4O/c8-6(12)5-4-1-2-9-7(4)11-3-10-5/h2,10H,1,3H2,(H2,8,12). The summed E-state index contributed by atoms with van der Waals surface area (Å²) in [5, 5.41) is 2.83. The maximum absolute atomic E-state index is 10.9. The first-order valence-corrected chi connectivity index (χ1v) is 3.63. The second kappa shape index (κ2) is 2.44. The molecule has 3 N–H and O–H groups in total. The minimum atomic E-state index is -0.442. The van der Waals surface area contributed by atoms with Crippen LogP contribution >= 0.6 is 0 Å². The summed E-state index contributed by atoms with van der Waals surface area (Å²) in [4.78, 5) is 19.0. The Morgan fingerprint density at radius 2 is 2.50 bits per heavy atom. The molecule has 5 heteroatoms. The molecule has 2 heterocycles. The molecule has 0 saturated heterocycles. The first kappa shape index (κ1) is 7.02. The van der Waals surface area contributed by atoms with Crippen molar-refractivity contribution in [3.8, 4) is 0 Å². The van der Waals surface area contributed by atoms with Gasteiger partial charge in [0.1, 0.15) is 12.4 Å². The smallest absolute Gasteiger partial charge is 0.265 e. The van der Waals surface area contributed by atoms with Crippen molar-refractivity contribution < 1.29 is 4.79 Å². The molecule has 12 heavy (non-hydrogen) atoms. The van der Waals surface area contributed by atoms with Crippen LogP contribution in [0.15, 0.2) is 21.3 Å². The fourth-order valence-corrected chi connectivity index (χ4v) is 1.28. The molecule has 62 valence electrons. The van der Waals surface area contributed by atoms with Crippen molar-refractivity contribution in [1.82, 2.24) is 5.32 Å². The molecule has 0 fully saturated rings. The summed E-state index contributed by atoms with van der Waals surface area (Å²) >= 11 is 0. The molecule has 0 saturated carbocycles. The minimum Gasteiger partial charge on any atom is -0.364 e. The molecule has 0 aromatic rings. The highest BCUT2D eigenvalue weighted by molar-refractivity contribution is 6.14. The van der Waals surface area contributed by atoms with E-state index in [2.05, 4.69) is 15.3 Å². The number of amidine groups is 1. The zero-order chi connectivity index (χ0) is 8.55. The van der Waals surface area contributed by atoms with E-state index < -0.39 is 5.91 Å². The zero-order valence-electron chi connectivity index (χ0n) is 6.37. The third-order valence-electron chi connectivity index (χ3n) is 1.81. The Labute approximate surface area is 69.1 Å². The first-order valence-electron chi connectivity index (χ1n) is 3.63. The fraction of sp³-hybridized carbons (Fsp3) is 0.286.